The van der Waals surface area contributed by atoms with Gasteiger partial charge in [0.2, 0.25) is 11.0 Å². The zero-order valence-corrected chi connectivity index (χ0v) is 17.7. The molecular formula is C17H12BrN5O4S2. The van der Waals surface area contributed by atoms with Gasteiger partial charge in [-0.1, -0.05) is 35.2 Å². The highest BCUT2D eigenvalue weighted by molar-refractivity contribution is 9.10. The number of amides is 2. The molecule has 148 valence electrons. The lowest BCUT2D eigenvalue weighted by Crippen LogP contribution is -2.13. The van der Waals surface area contributed by atoms with Crippen molar-refractivity contribution in [3.05, 3.63) is 68.7 Å². The minimum Gasteiger partial charge on any atom is -0.325 e. The van der Waals surface area contributed by atoms with Crippen molar-refractivity contribution in [1.82, 2.24) is 10.2 Å². The van der Waals surface area contributed by atoms with Crippen LogP contribution in [0.25, 0.3) is 0 Å². The molecule has 3 rings (SSSR count). The number of anilines is 2. The lowest BCUT2D eigenvalue weighted by Gasteiger charge is -2.03. The second-order valence-electron chi connectivity index (χ2n) is 5.45. The minimum absolute atomic E-state index is 0.0525. The molecule has 1 aromatic heterocycles. The first-order valence-electron chi connectivity index (χ1n) is 7.99. The van der Waals surface area contributed by atoms with E-state index >= 15 is 0 Å². The van der Waals surface area contributed by atoms with E-state index in [1.54, 1.807) is 18.2 Å². The average Bonchev–Trinajstić information content (AvgIpc) is 3.14. The van der Waals surface area contributed by atoms with E-state index in [9.17, 15) is 19.7 Å². The van der Waals surface area contributed by atoms with E-state index in [-0.39, 0.29) is 23.3 Å². The number of nitrogens with one attached hydrogen (secondary N) is 2. The summed E-state index contributed by atoms with van der Waals surface area (Å²) in [6.07, 6.45) is 0. The van der Waals surface area contributed by atoms with Crippen molar-refractivity contribution in [2.45, 2.75) is 4.34 Å². The Kier molecular flexibility index (Phi) is 6.90. The predicted molar refractivity (Wildman–Crippen MR) is 114 cm³/mol. The number of nitro groups is 1. The lowest BCUT2D eigenvalue weighted by molar-refractivity contribution is -0.384. The molecule has 0 bridgehead atoms. The molecule has 0 radical (unpaired) electrons. The van der Waals surface area contributed by atoms with Gasteiger partial charge in [-0.25, -0.2) is 0 Å². The maximum atomic E-state index is 12.3. The summed E-state index contributed by atoms with van der Waals surface area (Å²) in [7, 11) is 0. The number of hydrogen-bond acceptors (Lipinski definition) is 8. The summed E-state index contributed by atoms with van der Waals surface area (Å²) >= 11 is 5.64. The molecule has 0 spiro atoms. The van der Waals surface area contributed by atoms with Gasteiger partial charge in [0.15, 0.2) is 4.34 Å². The van der Waals surface area contributed by atoms with Crippen molar-refractivity contribution in [2.24, 2.45) is 0 Å². The van der Waals surface area contributed by atoms with Crippen molar-refractivity contribution < 1.29 is 14.5 Å². The molecule has 2 N–H and O–H groups in total. The van der Waals surface area contributed by atoms with Crippen LogP contribution in [-0.4, -0.2) is 32.7 Å². The summed E-state index contributed by atoms with van der Waals surface area (Å²) < 4.78 is 1.19. The van der Waals surface area contributed by atoms with Crippen molar-refractivity contribution >= 4 is 67.3 Å². The van der Waals surface area contributed by atoms with Crippen molar-refractivity contribution in [2.75, 3.05) is 16.4 Å². The van der Waals surface area contributed by atoms with E-state index in [0.29, 0.717) is 25.2 Å². The molecule has 3 aromatic rings. The van der Waals surface area contributed by atoms with E-state index in [2.05, 4.69) is 36.8 Å². The van der Waals surface area contributed by atoms with Crippen LogP contribution in [-0.2, 0) is 4.79 Å². The molecule has 0 saturated heterocycles. The van der Waals surface area contributed by atoms with Crippen LogP contribution in [0.2, 0.25) is 0 Å². The van der Waals surface area contributed by atoms with Gasteiger partial charge in [-0.3, -0.25) is 25.0 Å². The number of carbonyl (C=O) groups is 2. The molecule has 1 heterocycles. The molecule has 9 nitrogen and oxygen atoms in total. The van der Waals surface area contributed by atoms with E-state index in [4.69, 9.17) is 0 Å². The summed E-state index contributed by atoms with van der Waals surface area (Å²) in [5, 5.41) is 24.1. The number of hydrogen-bond donors (Lipinski definition) is 2. The summed E-state index contributed by atoms with van der Waals surface area (Å²) in [5.41, 5.74) is 0.877. The Morgan fingerprint density at radius 2 is 1.83 bits per heavy atom. The maximum absolute atomic E-state index is 12.3. The van der Waals surface area contributed by atoms with E-state index in [0.717, 1.165) is 11.3 Å². The van der Waals surface area contributed by atoms with Crippen LogP contribution in [0.3, 0.4) is 0 Å². The van der Waals surface area contributed by atoms with Gasteiger partial charge in [0.25, 0.3) is 11.6 Å². The molecule has 12 heteroatoms. The first kappa shape index (κ1) is 20.9. The van der Waals surface area contributed by atoms with E-state index < -0.39 is 4.92 Å². The molecule has 0 aliphatic heterocycles. The largest absolute Gasteiger partial charge is 0.325 e. The molecule has 2 aromatic carbocycles. The number of aromatic nitrogens is 2. The quantitative estimate of drug-likeness (QED) is 0.218. The third-order valence-corrected chi connectivity index (χ3v) is 6.10. The predicted octanol–water partition coefficient (Wildman–Crippen LogP) is 4.19. The topological polar surface area (TPSA) is 127 Å². The van der Waals surface area contributed by atoms with Crippen LogP contribution in [0, 0.1) is 10.1 Å². The number of carbonyl (C=O) groups excluding carboxylic acids is 2. The van der Waals surface area contributed by atoms with Crippen LogP contribution >= 0.6 is 39.0 Å². The van der Waals surface area contributed by atoms with Gasteiger partial charge < -0.3 is 5.32 Å². The molecule has 0 aliphatic carbocycles. The van der Waals surface area contributed by atoms with Gasteiger partial charge in [-0.2, -0.15) is 0 Å². The fourth-order valence-corrected chi connectivity index (χ4v) is 4.13. The van der Waals surface area contributed by atoms with Gasteiger partial charge in [0.05, 0.1) is 16.2 Å². The molecule has 0 unspecified atom stereocenters. The SMILES string of the molecule is O=C(CSc1nnc(NC(=O)c2ccccc2Br)s1)Nc1ccc([N+](=O)[O-])cc1. The van der Waals surface area contributed by atoms with Gasteiger partial charge in [-0.05, 0) is 40.2 Å². The van der Waals surface area contributed by atoms with Crippen LogP contribution in [0.1, 0.15) is 10.4 Å². The van der Waals surface area contributed by atoms with E-state index in [1.165, 1.54) is 36.0 Å². The Labute approximate surface area is 181 Å². The van der Waals surface area contributed by atoms with Crippen LogP contribution in [0.15, 0.2) is 57.3 Å². The third-order valence-electron chi connectivity index (χ3n) is 3.43. The number of nitro benzene ring substituents is 1. The molecule has 2 amide bonds. The number of benzene rings is 2. The standard InChI is InChI=1S/C17H12BrN5O4S2/c18-13-4-2-1-3-12(13)15(25)20-16-21-22-17(29-16)28-9-14(24)19-10-5-7-11(8-6-10)23(26)27/h1-8H,9H2,(H,19,24)(H,20,21,25). The maximum Gasteiger partial charge on any atom is 0.269 e. The van der Waals surface area contributed by atoms with Gasteiger partial charge in [0.1, 0.15) is 0 Å². The number of rotatable bonds is 7. The summed E-state index contributed by atoms with van der Waals surface area (Å²) in [4.78, 5) is 34.4. The molecule has 0 saturated carbocycles. The summed E-state index contributed by atoms with van der Waals surface area (Å²) in [6.45, 7) is 0. The normalized spacial score (nSPS) is 10.4. The smallest absolute Gasteiger partial charge is 0.269 e. The van der Waals surface area contributed by atoms with E-state index in [1.807, 2.05) is 6.07 Å². The fraction of sp³-hybridized carbons (Fsp3) is 0.0588. The fourth-order valence-electron chi connectivity index (χ4n) is 2.12. The zero-order chi connectivity index (χ0) is 20.8. The zero-order valence-electron chi connectivity index (χ0n) is 14.5. The Morgan fingerprint density at radius 3 is 2.52 bits per heavy atom. The number of nitrogens with zero attached hydrogens (tertiary/aromatic N) is 3. The molecule has 0 atom stereocenters. The van der Waals surface area contributed by atoms with Crippen molar-refractivity contribution in [1.29, 1.82) is 0 Å². The summed E-state index contributed by atoms with van der Waals surface area (Å²) in [6, 6.07) is 12.6. The van der Waals surface area contributed by atoms with Gasteiger partial charge in [0, 0.05) is 22.3 Å². The van der Waals surface area contributed by atoms with Gasteiger partial charge in [-0.15, -0.1) is 10.2 Å². The van der Waals surface area contributed by atoms with Crippen LogP contribution in [0.4, 0.5) is 16.5 Å². The number of non-ortho nitro benzene ring substituents is 1. The Bertz CT molecular complexity index is 1060. The second kappa shape index (κ2) is 9.58. The molecular weight excluding hydrogens is 482 g/mol. The first-order chi connectivity index (χ1) is 13.9. The average molecular weight is 494 g/mol. The highest BCUT2D eigenvalue weighted by atomic mass is 79.9. The number of halogens is 1. The van der Waals surface area contributed by atoms with Gasteiger partial charge >= 0.3 is 0 Å². The lowest BCUT2D eigenvalue weighted by atomic mass is 10.2. The highest BCUT2D eigenvalue weighted by Crippen LogP contribution is 2.26. The minimum atomic E-state index is -0.510. The van der Waals surface area contributed by atoms with Crippen molar-refractivity contribution in [3.8, 4) is 0 Å². The molecule has 29 heavy (non-hydrogen) atoms. The molecule has 0 aliphatic rings. The number of thioether (sulfide) groups is 1. The first-order valence-corrected chi connectivity index (χ1v) is 10.6. The molecule has 0 fully saturated rings. The monoisotopic (exact) mass is 493 g/mol. The third kappa shape index (κ3) is 5.82. The summed E-state index contributed by atoms with van der Waals surface area (Å²) in [5.74, 6) is -0.539. The Hall–Kier alpha value is -2.83. The highest BCUT2D eigenvalue weighted by Gasteiger charge is 2.14. The van der Waals surface area contributed by atoms with Crippen LogP contribution < -0.4 is 10.6 Å². The Morgan fingerprint density at radius 1 is 1.10 bits per heavy atom. The second-order valence-corrected chi connectivity index (χ2v) is 8.50. The Balaban J connectivity index is 1.51. The van der Waals surface area contributed by atoms with Crippen molar-refractivity contribution in [3.63, 3.8) is 0 Å². The van der Waals surface area contributed by atoms with Crippen LogP contribution in [0.5, 0.6) is 0 Å².